The minimum Gasteiger partial charge on any atom is -0.480 e. The van der Waals surface area contributed by atoms with Crippen molar-refractivity contribution in [2.45, 2.75) is 12.8 Å². The van der Waals surface area contributed by atoms with Crippen molar-refractivity contribution in [3.8, 4) is 0 Å². The molecule has 1 aromatic rings. The molecule has 0 fully saturated rings. The van der Waals surface area contributed by atoms with Crippen LogP contribution in [0, 0.1) is 0 Å². The second-order valence-electron chi connectivity index (χ2n) is 3.33. The lowest BCUT2D eigenvalue weighted by Crippen LogP contribution is -2.17. The molecule has 0 heterocycles. The van der Waals surface area contributed by atoms with Gasteiger partial charge < -0.3 is 15.2 Å². The Labute approximate surface area is 102 Å². The first kappa shape index (κ1) is 13.2. The third-order valence-corrected chi connectivity index (χ3v) is 2.41. The lowest BCUT2D eigenvalue weighted by Gasteiger charge is -2.14. The molecule has 0 aromatic heterocycles. The number of hydrogen-bond donors (Lipinski definition) is 2. The number of carbonyl (C=O) groups excluding carboxylic acids is 2. The Morgan fingerprint density at radius 2 is 2.12 bits per heavy atom. The van der Waals surface area contributed by atoms with Crippen LogP contribution in [0.1, 0.15) is 18.4 Å². The molecule has 1 unspecified atom stereocenters. The van der Waals surface area contributed by atoms with Crippen LogP contribution in [0.3, 0.4) is 0 Å². The molecule has 6 heteroatoms. The molecule has 1 rings (SSSR count). The molecule has 1 aromatic carbocycles. The van der Waals surface area contributed by atoms with Gasteiger partial charge in [-0.1, -0.05) is 17.7 Å². The molecule has 0 spiro atoms. The van der Waals surface area contributed by atoms with Crippen LogP contribution in [0.15, 0.2) is 18.2 Å². The van der Waals surface area contributed by atoms with Gasteiger partial charge in [-0.05, 0) is 12.1 Å². The van der Waals surface area contributed by atoms with Crippen molar-refractivity contribution >= 4 is 35.5 Å². The molecule has 5 nitrogen and oxygen atoms in total. The summed E-state index contributed by atoms with van der Waals surface area (Å²) < 4.78 is 0. The van der Waals surface area contributed by atoms with E-state index in [0.717, 1.165) is 0 Å². The summed E-state index contributed by atoms with van der Waals surface area (Å²) in [5, 5.41) is 11.5. The summed E-state index contributed by atoms with van der Waals surface area (Å²) in [6, 6.07) is 4.50. The van der Waals surface area contributed by atoms with E-state index in [1.807, 2.05) is 0 Å². The second kappa shape index (κ2) is 5.45. The Morgan fingerprint density at radius 1 is 1.47 bits per heavy atom. The molecule has 90 valence electrons. The molecule has 0 aliphatic carbocycles. The normalized spacial score (nSPS) is 11.6. The van der Waals surface area contributed by atoms with Crippen molar-refractivity contribution in [1.82, 2.24) is 0 Å². The Balaban J connectivity index is 3.32. The number of anilines is 1. The van der Waals surface area contributed by atoms with Crippen LogP contribution < -0.4 is 5.32 Å². The van der Waals surface area contributed by atoms with Gasteiger partial charge in [0.15, 0.2) is 0 Å². The number of halogens is 1. The monoisotopic (exact) mass is 255 g/mol. The highest BCUT2D eigenvalue weighted by molar-refractivity contribution is 6.32. The fourth-order valence-electron chi connectivity index (χ4n) is 1.40. The number of carboxylic acids is 1. The number of nitrogens with one attached hydrogen (secondary N) is 1. The predicted molar refractivity (Wildman–Crippen MR) is 62.2 cm³/mol. The number of benzene rings is 1. The van der Waals surface area contributed by atoms with E-state index < -0.39 is 11.9 Å². The van der Waals surface area contributed by atoms with Crippen molar-refractivity contribution in [3.05, 3.63) is 28.8 Å². The van der Waals surface area contributed by atoms with Crippen LogP contribution in [0.2, 0.25) is 5.02 Å². The summed E-state index contributed by atoms with van der Waals surface area (Å²) in [6.07, 6.45) is 0.273. The SMILES string of the molecule is CC(=O)Nc1cccc(Cl)c1C(C=O)C(=O)O. The summed E-state index contributed by atoms with van der Waals surface area (Å²) in [5.74, 6) is -3.09. The van der Waals surface area contributed by atoms with Crippen molar-refractivity contribution in [2.24, 2.45) is 0 Å². The van der Waals surface area contributed by atoms with Crippen LogP contribution in [0.25, 0.3) is 0 Å². The van der Waals surface area contributed by atoms with E-state index in [-0.39, 0.29) is 28.5 Å². The maximum absolute atomic E-state index is 11.0. The van der Waals surface area contributed by atoms with Gasteiger partial charge in [-0.3, -0.25) is 9.59 Å². The van der Waals surface area contributed by atoms with Crippen LogP contribution in [-0.2, 0) is 14.4 Å². The Morgan fingerprint density at radius 3 is 2.59 bits per heavy atom. The first-order chi connectivity index (χ1) is 7.97. The van der Waals surface area contributed by atoms with Crippen molar-refractivity contribution < 1.29 is 19.5 Å². The van der Waals surface area contributed by atoms with E-state index in [0.29, 0.717) is 0 Å². The smallest absolute Gasteiger partial charge is 0.318 e. The molecule has 0 saturated carbocycles. The van der Waals surface area contributed by atoms with E-state index in [1.54, 1.807) is 6.07 Å². The van der Waals surface area contributed by atoms with Gasteiger partial charge in [0.2, 0.25) is 5.91 Å². The Bertz CT molecular complexity index is 473. The number of carbonyl (C=O) groups is 3. The van der Waals surface area contributed by atoms with Crippen LogP contribution in [0.5, 0.6) is 0 Å². The molecule has 1 atom stereocenters. The Hall–Kier alpha value is -1.88. The maximum Gasteiger partial charge on any atom is 0.318 e. The fourth-order valence-corrected chi connectivity index (χ4v) is 1.69. The summed E-state index contributed by atoms with van der Waals surface area (Å²) in [7, 11) is 0. The zero-order chi connectivity index (χ0) is 13.0. The zero-order valence-corrected chi connectivity index (χ0v) is 9.69. The van der Waals surface area contributed by atoms with Crippen LogP contribution >= 0.6 is 11.6 Å². The van der Waals surface area contributed by atoms with Gasteiger partial charge in [0, 0.05) is 23.2 Å². The molecule has 0 aliphatic rings. The highest BCUT2D eigenvalue weighted by atomic mass is 35.5. The number of aldehydes is 1. The average molecular weight is 256 g/mol. The van der Waals surface area contributed by atoms with Crippen LogP contribution in [0.4, 0.5) is 5.69 Å². The number of amides is 1. The minimum absolute atomic E-state index is 0.0897. The largest absolute Gasteiger partial charge is 0.480 e. The summed E-state index contributed by atoms with van der Waals surface area (Å²) in [4.78, 5) is 32.7. The van der Waals surface area contributed by atoms with E-state index in [2.05, 4.69) is 5.32 Å². The number of hydrogen-bond acceptors (Lipinski definition) is 3. The van der Waals surface area contributed by atoms with E-state index in [1.165, 1.54) is 19.1 Å². The lowest BCUT2D eigenvalue weighted by molar-refractivity contribution is -0.140. The summed E-state index contributed by atoms with van der Waals surface area (Å²) in [5.41, 5.74) is 0.316. The highest BCUT2D eigenvalue weighted by Crippen LogP contribution is 2.31. The average Bonchev–Trinajstić information content (AvgIpc) is 2.21. The number of rotatable bonds is 4. The first-order valence-corrected chi connectivity index (χ1v) is 5.09. The van der Waals surface area contributed by atoms with E-state index in [9.17, 15) is 14.4 Å². The van der Waals surface area contributed by atoms with Gasteiger partial charge in [0.05, 0.1) is 0 Å². The van der Waals surface area contributed by atoms with Gasteiger partial charge in [0.1, 0.15) is 12.2 Å². The van der Waals surface area contributed by atoms with Crippen molar-refractivity contribution in [3.63, 3.8) is 0 Å². The molecule has 0 saturated heterocycles. The van der Waals surface area contributed by atoms with Crippen molar-refractivity contribution in [1.29, 1.82) is 0 Å². The van der Waals surface area contributed by atoms with Crippen molar-refractivity contribution in [2.75, 3.05) is 5.32 Å². The summed E-state index contributed by atoms with van der Waals surface area (Å²) >= 11 is 5.86. The number of aliphatic carboxylic acids is 1. The van der Waals surface area contributed by atoms with Gasteiger partial charge in [0.25, 0.3) is 0 Å². The predicted octanol–water partition coefficient (Wildman–Crippen LogP) is 1.67. The van der Waals surface area contributed by atoms with E-state index in [4.69, 9.17) is 16.7 Å². The fraction of sp³-hybridized carbons (Fsp3) is 0.182. The molecule has 17 heavy (non-hydrogen) atoms. The number of carboxylic acid groups (broad SMARTS) is 1. The second-order valence-corrected chi connectivity index (χ2v) is 3.74. The quantitative estimate of drug-likeness (QED) is 0.633. The van der Waals surface area contributed by atoms with Crippen LogP contribution in [-0.4, -0.2) is 23.3 Å². The minimum atomic E-state index is -1.40. The third-order valence-electron chi connectivity index (χ3n) is 2.08. The van der Waals surface area contributed by atoms with E-state index >= 15 is 0 Å². The molecule has 1 amide bonds. The Kier molecular flexibility index (Phi) is 4.23. The molecular formula is C11H10ClNO4. The zero-order valence-electron chi connectivity index (χ0n) is 8.94. The maximum atomic E-state index is 11.0. The topological polar surface area (TPSA) is 83.5 Å². The van der Waals surface area contributed by atoms with Gasteiger partial charge in [-0.15, -0.1) is 0 Å². The molecule has 0 aliphatic heterocycles. The van der Waals surface area contributed by atoms with Gasteiger partial charge >= 0.3 is 5.97 Å². The standard InChI is InChI=1S/C11H10ClNO4/c1-6(15)13-9-4-2-3-8(12)10(9)7(5-14)11(16)17/h2-5,7H,1H3,(H,13,15)(H,16,17). The third kappa shape index (κ3) is 3.04. The van der Waals surface area contributed by atoms with Gasteiger partial charge in [-0.2, -0.15) is 0 Å². The highest BCUT2D eigenvalue weighted by Gasteiger charge is 2.25. The molecular weight excluding hydrogens is 246 g/mol. The molecule has 2 N–H and O–H groups in total. The summed E-state index contributed by atoms with van der Waals surface area (Å²) in [6.45, 7) is 1.28. The first-order valence-electron chi connectivity index (χ1n) is 4.71. The molecule has 0 bridgehead atoms. The van der Waals surface area contributed by atoms with Gasteiger partial charge in [-0.25, -0.2) is 0 Å². The molecule has 0 radical (unpaired) electrons. The lowest BCUT2D eigenvalue weighted by atomic mass is 9.98.